The highest BCUT2D eigenvalue weighted by Gasteiger charge is 2.27. The second kappa shape index (κ2) is 11.5. The number of carbonyl (C=O) groups is 1. The van der Waals surface area contributed by atoms with Crippen LogP contribution in [0.4, 0.5) is 22.1 Å². The molecule has 9 heteroatoms. The Morgan fingerprint density at radius 3 is 2.56 bits per heavy atom. The molecule has 3 aromatic heterocycles. The average molecular weight is 543 g/mol. The molecule has 0 bridgehead atoms. The lowest BCUT2D eigenvalue weighted by molar-refractivity contribution is 0.206. The van der Waals surface area contributed by atoms with Gasteiger partial charge in [0.05, 0.1) is 17.9 Å². The van der Waals surface area contributed by atoms with E-state index in [-0.39, 0.29) is 6.03 Å². The van der Waals surface area contributed by atoms with Gasteiger partial charge in [0.2, 0.25) is 5.95 Å². The predicted octanol–water partition coefficient (Wildman–Crippen LogP) is 6.20. The first-order valence-corrected chi connectivity index (χ1v) is 13.7. The van der Waals surface area contributed by atoms with Crippen LogP contribution in [-0.4, -0.2) is 42.4 Å². The first kappa shape index (κ1) is 26.1. The highest BCUT2D eigenvalue weighted by Crippen LogP contribution is 2.32. The van der Waals surface area contributed by atoms with Crippen molar-refractivity contribution in [1.82, 2.24) is 29.8 Å². The number of fused-ring (bicyclic) bond motifs is 1. The van der Waals surface area contributed by atoms with Crippen LogP contribution in [-0.2, 0) is 19.4 Å². The topological polar surface area (TPSA) is 109 Å². The monoisotopic (exact) mass is 542 g/mol. The number of aromatic nitrogens is 5. The number of pyridine rings is 1. The number of urea groups is 1. The van der Waals surface area contributed by atoms with E-state index in [4.69, 9.17) is 9.97 Å². The first-order chi connectivity index (χ1) is 20.1. The van der Waals surface area contributed by atoms with Crippen LogP contribution >= 0.6 is 0 Å². The summed E-state index contributed by atoms with van der Waals surface area (Å²) in [5.41, 5.74) is 8.41. The van der Waals surface area contributed by atoms with Crippen molar-refractivity contribution in [3.8, 4) is 22.6 Å². The number of aryl methyl sites for hydroxylation is 2. The second-order valence-corrected chi connectivity index (χ2v) is 9.95. The van der Waals surface area contributed by atoms with Gasteiger partial charge >= 0.3 is 6.03 Å². The van der Waals surface area contributed by atoms with Gasteiger partial charge in [-0.3, -0.25) is 4.98 Å². The van der Waals surface area contributed by atoms with Gasteiger partial charge in [0.15, 0.2) is 5.82 Å². The minimum atomic E-state index is -0.169. The number of nitrogens with zero attached hydrogens (tertiary/aromatic N) is 6. The molecule has 0 aliphatic carbocycles. The molecule has 1 aliphatic rings. The Balaban J connectivity index is 1.29. The zero-order valence-electron chi connectivity index (χ0n) is 23.0. The minimum absolute atomic E-state index is 0.169. The van der Waals surface area contributed by atoms with Gasteiger partial charge in [0.25, 0.3) is 0 Å². The fourth-order valence-electron chi connectivity index (χ4n) is 5.01. The summed E-state index contributed by atoms with van der Waals surface area (Å²) in [6, 6.07) is 19.6. The van der Waals surface area contributed by atoms with Gasteiger partial charge in [-0.1, -0.05) is 31.2 Å². The molecule has 2 N–H and O–H groups in total. The molecule has 2 aromatic carbocycles. The van der Waals surface area contributed by atoms with Crippen molar-refractivity contribution in [3.63, 3.8) is 0 Å². The van der Waals surface area contributed by atoms with E-state index < -0.39 is 0 Å². The highest BCUT2D eigenvalue weighted by atomic mass is 16.2. The summed E-state index contributed by atoms with van der Waals surface area (Å²) in [5.74, 6) is 1.15. The molecular weight excluding hydrogens is 512 g/mol. The molecular formula is C32H30N8O. The van der Waals surface area contributed by atoms with Crippen LogP contribution < -0.4 is 10.6 Å². The Labute approximate surface area is 238 Å². The van der Waals surface area contributed by atoms with E-state index in [1.807, 2.05) is 47.4 Å². The standard InChI is InChI=1S/C32H30N8O/c1-3-22-16-24(36-31-34-13-7-14-35-31)18-25(17-22)37-32(41)40-15-11-28-27(20-40)29(26-10-5-4-8-21(26)2)39-30(38-28)23-9-6-12-33-19-23/h4-10,12-14,16-19H,3,11,15,20H2,1-2H3,(H,37,41)(H,34,35,36). The van der Waals surface area contributed by atoms with E-state index in [0.29, 0.717) is 37.0 Å². The van der Waals surface area contributed by atoms with E-state index in [0.717, 1.165) is 51.3 Å². The maximum absolute atomic E-state index is 13.6. The molecule has 6 rings (SSSR count). The first-order valence-electron chi connectivity index (χ1n) is 13.7. The van der Waals surface area contributed by atoms with E-state index in [1.165, 1.54) is 0 Å². The molecule has 0 fully saturated rings. The van der Waals surface area contributed by atoms with Crippen LogP contribution in [0.25, 0.3) is 22.6 Å². The van der Waals surface area contributed by atoms with E-state index in [1.54, 1.807) is 30.9 Å². The predicted molar refractivity (Wildman–Crippen MR) is 160 cm³/mol. The lowest BCUT2D eigenvalue weighted by atomic mass is 9.96. The van der Waals surface area contributed by atoms with Crippen molar-refractivity contribution in [1.29, 1.82) is 0 Å². The molecule has 0 unspecified atom stereocenters. The number of hydrogen-bond donors (Lipinski definition) is 2. The second-order valence-electron chi connectivity index (χ2n) is 9.95. The SMILES string of the molecule is CCc1cc(NC(=O)N2CCc3nc(-c4cccnc4)nc(-c4ccccc4C)c3C2)cc(Nc2ncccn2)c1. The molecule has 204 valence electrons. The largest absolute Gasteiger partial charge is 0.324 e. The van der Waals surface area contributed by atoms with E-state index in [2.05, 4.69) is 51.6 Å². The zero-order chi connectivity index (χ0) is 28.2. The van der Waals surface area contributed by atoms with Crippen molar-refractivity contribution < 1.29 is 4.79 Å². The van der Waals surface area contributed by atoms with Crippen LogP contribution in [0.2, 0.25) is 0 Å². The van der Waals surface area contributed by atoms with Crippen LogP contribution in [0.3, 0.4) is 0 Å². The van der Waals surface area contributed by atoms with E-state index in [9.17, 15) is 4.79 Å². The number of carbonyl (C=O) groups excluding carboxylic acids is 1. The molecule has 4 heterocycles. The third-order valence-corrected chi connectivity index (χ3v) is 7.14. The van der Waals surface area contributed by atoms with Crippen molar-refractivity contribution in [2.45, 2.75) is 33.2 Å². The number of benzene rings is 2. The number of nitrogens with one attached hydrogen (secondary N) is 2. The Hall–Kier alpha value is -5.18. The lowest BCUT2D eigenvalue weighted by Crippen LogP contribution is -2.39. The lowest BCUT2D eigenvalue weighted by Gasteiger charge is -2.30. The number of hydrogen-bond acceptors (Lipinski definition) is 7. The highest BCUT2D eigenvalue weighted by molar-refractivity contribution is 5.90. The summed E-state index contributed by atoms with van der Waals surface area (Å²) in [6.07, 6.45) is 8.34. The summed E-state index contributed by atoms with van der Waals surface area (Å²) in [4.78, 5) is 38.1. The van der Waals surface area contributed by atoms with Gasteiger partial charge < -0.3 is 15.5 Å². The van der Waals surface area contributed by atoms with Gasteiger partial charge in [0, 0.05) is 65.8 Å². The van der Waals surface area contributed by atoms with Crippen LogP contribution in [0.15, 0.2) is 85.5 Å². The van der Waals surface area contributed by atoms with Crippen LogP contribution in [0.5, 0.6) is 0 Å². The fraction of sp³-hybridized carbons (Fsp3) is 0.188. The molecule has 2 amide bonds. The number of amides is 2. The normalized spacial score (nSPS) is 12.5. The summed E-state index contributed by atoms with van der Waals surface area (Å²) < 4.78 is 0. The molecule has 1 aliphatic heterocycles. The summed E-state index contributed by atoms with van der Waals surface area (Å²) in [6.45, 7) is 5.12. The van der Waals surface area contributed by atoms with Gasteiger partial charge in [-0.05, 0) is 60.9 Å². The van der Waals surface area contributed by atoms with Crippen molar-refractivity contribution in [3.05, 3.63) is 108 Å². The number of anilines is 3. The summed E-state index contributed by atoms with van der Waals surface area (Å²) in [5, 5.41) is 6.33. The maximum atomic E-state index is 13.6. The molecule has 0 spiro atoms. The summed E-state index contributed by atoms with van der Waals surface area (Å²) >= 11 is 0. The molecule has 9 nitrogen and oxygen atoms in total. The van der Waals surface area contributed by atoms with E-state index >= 15 is 0 Å². The quantitative estimate of drug-likeness (QED) is 0.263. The van der Waals surface area contributed by atoms with Gasteiger partial charge in [-0.2, -0.15) is 0 Å². The van der Waals surface area contributed by atoms with Gasteiger partial charge in [0.1, 0.15) is 0 Å². The molecule has 0 saturated carbocycles. The molecule has 41 heavy (non-hydrogen) atoms. The fourth-order valence-corrected chi connectivity index (χ4v) is 5.01. The van der Waals surface area contributed by atoms with Gasteiger partial charge in [-0.15, -0.1) is 0 Å². The van der Waals surface area contributed by atoms with Gasteiger partial charge in [-0.25, -0.2) is 24.7 Å². The Bertz CT molecular complexity index is 1690. The molecule has 0 radical (unpaired) electrons. The number of rotatable bonds is 6. The van der Waals surface area contributed by atoms with Crippen molar-refractivity contribution in [2.24, 2.45) is 0 Å². The molecule has 5 aromatic rings. The van der Waals surface area contributed by atoms with Crippen molar-refractivity contribution in [2.75, 3.05) is 17.2 Å². The Morgan fingerprint density at radius 2 is 1.78 bits per heavy atom. The molecule has 0 atom stereocenters. The Morgan fingerprint density at radius 1 is 0.951 bits per heavy atom. The zero-order valence-corrected chi connectivity index (χ0v) is 23.0. The van der Waals surface area contributed by atoms with Crippen molar-refractivity contribution >= 4 is 23.4 Å². The summed E-state index contributed by atoms with van der Waals surface area (Å²) in [7, 11) is 0. The third kappa shape index (κ3) is 5.74. The minimum Gasteiger partial charge on any atom is -0.324 e. The van der Waals surface area contributed by atoms with Crippen LogP contribution in [0, 0.1) is 6.92 Å². The Kier molecular flexibility index (Phi) is 7.32. The average Bonchev–Trinajstić information content (AvgIpc) is 3.01. The maximum Gasteiger partial charge on any atom is 0.322 e. The van der Waals surface area contributed by atoms with Crippen LogP contribution in [0.1, 0.15) is 29.3 Å². The molecule has 0 saturated heterocycles. The third-order valence-electron chi connectivity index (χ3n) is 7.14. The smallest absolute Gasteiger partial charge is 0.322 e.